The molecule has 2 aromatic heterocycles. The number of aliphatic hydroxyl groups is 1. The molecular formula is C29H37N3O4. The standard InChI is InChI=1S/C29H37N3O4/c1-36-24-6-7-27-26(19-24)25(11-15-31-27)28(33)8-5-22-12-17-32(20-23(22)18-29(34)35)16-3-2-4-21-9-13-30-14-10-21/h6-7,9-11,13-15,19,22-23,28,33H,2-5,8,12,16-18,20H2,1H3,(H,34,35)/t22-,23+,28?/m1/s1. The Labute approximate surface area is 213 Å². The molecular weight excluding hydrogens is 454 g/mol. The molecule has 0 saturated carbocycles. The van der Waals surface area contributed by atoms with E-state index in [9.17, 15) is 15.0 Å². The van der Waals surface area contributed by atoms with Crippen LogP contribution < -0.4 is 4.74 Å². The minimum absolute atomic E-state index is 0.109. The summed E-state index contributed by atoms with van der Waals surface area (Å²) in [5, 5.41) is 21.5. The lowest BCUT2D eigenvalue weighted by Crippen LogP contribution is -2.41. The lowest BCUT2D eigenvalue weighted by molar-refractivity contribution is -0.139. The number of carboxylic acid groups (broad SMARTS) is 1. The fourth-order valence-electron chi connectivity index (χ4n) is 5.50. The molecule has 3 aromatic rings. The molecule has 0 amide bonds. The highest BCUT2D eigenvalue weighted by molar-refractivity contribution is 5.83. The number of aryl methyl sites for hydroxylation is 1. The fourth-order valence-corrected chi connectivity index (χ4v) is 5.50. The second-order valence-electron chi connectivity index (χ2n) is 9.90. The van der Waals surface area contributed by atoms with Crippen LogP contribution in [0.5, 0.6) is 5.75 Å². The van der Waals surface area contributed by atoms with Crippen LogP contribution in [0.1, 0.15) is 55.8 Å². The molecule has 1 saturated heterocycles. The van der Waals surface area contributed by atoms with E-state index in [4.69, 9.17) is 4.74 Å². The Morgan fingerprint density at radius 3 is 2.75 bits per heavy atom. The maximum absolute atomic E-state index is 11.6. The summed E-state index contributed by atoms with van der Waals surface area (Å²) in [6.45, 7) is 2.81. The third kappa shape index (κ3) is 7.02. The van der Waals surface area contributed by atoms with Crippen molar-refractivity contribution in [3.05, 3.63) is 66.1 Å². The van der Waals surface area contributed by atoms with E-state index in [0.717, 1.165) is 74.0 Å². The maximum atomic E-state index is 11.6. The molecule has 1 aliphatic rings. The van der Waals surface area contributed by atoms with Gasteiger partial charge in [-0.05, 0) is 111 Å². The number of aromatic nitrogens is 2. The molecule has 1 aromatic carbocycles. The van der Waals surface area contributed by atoms with Crippen molar-refractivity contribution in [2.45, 2.75) is 51.0 Å². The Kier molecular flexibility index (Phi) is 9.25. The number of aliphatic hydroxyl groups excluding tert-OH is 1. The summed E-state index contributed by atoms with van der Waals surface area (Å²) >= 11 is 0. The van der Waals surface area contributed by atoms with Gasteiger partial charge in [-0.25, -0.2) is 0 Å². The molecule has 0 aliphatic carbocycles. The highest BCUT2D eigenvalue weighted by atomic mass is 16.5. The molecule has 36 heavy (non-hydrogen) atoms. The molecule has 3 atom stereocenters. The zero-order valence-electron chi connectivity index (χ0n) is 21.1. The van der Waals surface area contributed by atoms with Crippen LogP contribution in [0, 0.1) is 11.8 Å². The normalized spacial score (nSPS) is 19.3. The first-order chi connectivity index (χ1) is 17.5. The van der Waals surface area contributed by atoms with Gasteiger partial charge in [0, 0.05) is 36.9 Å². The van der Waals surface area contributed by atoms with Crippen LogP contribution in [0.3, 0.4) is 0 Å². The SMILES string of the molecule is COc1ccc2nccc(C(O)CC[C@@H]3CCN(CCCCc4ccncc4)C[C@@H]3CC(=O)O)c2c1. The predicted octanol–water partition coefficient (Wildman–Crippen LogP) is 4.89. The van der Waals surface area contributed by atoms with Gasteiger partial charge < -0.3 is 19.8 Å². The predicted molar refractivity (Wildman–Crippen MR) is 140 cm³/mol. The molecule has 7 nitrogen and oxygen atoms in total. The highest BCUT2D eigenvalue weighted by Gasteiger charge is 2.31. The monoisotopic (exact) mass is 491 g/mol. The van der Waals surface area contributed by atoms with Crippen molar-refractivity contribution >= 4 is 16.9 Å². The molecule has 192 valence electrons. The number of aliphatic carboxylic acids is 1. The first kappa shape index (κ1) is 26.0. The summed E-state index contributed by atoms with van der Waals surface area (Å²) in [5.41, 5.74) is 2.99. The Balaban J connectivity index is 1.31. The zero-order chi connectivity index (χ0) is 25.3. The average molecular weight is 492 g/mol. The van der Waals surface area contributed by atoms with Gasteiger partial charge in [-0.1, -0.05) is 0 Å². The molecule has 2 N–H and O–H groups in total. The quantitative estimate of drug-likeness (QED) is 0.348. The summed E-state index contributed by atoms with van der Waals surface area (Å²) < 4.78 is 5.36. The summed E-state index contributed by atoms with van der Waals surface area (Å²) in [6.07, 6.45) is 10.6. The maximum Gasteiger partial charge on any atom is 0.303 e. The van der Waals surface area contributed by atoms with Gasteiger partial charge in [-0.15, -0.1) is 0 Å². The number of unbranched alkanes of at least 4 members (excludes halogenated alkanes) is 1. The molecule has 3 heterocycles. The van der Waals surface area contributed by atoms with Gasteiger partial charge in [0.25, 0.3) is 0 Å². The summed E-state index contributed by atoms with van der Waals surface area (Å²) in [5.74, 6) is 0.403. The third-order valence-corrected chi connectivity index (χ3v) is 7.50. The third-order valence-electron chi connectivity index (χ3n) is 7.50. The van der Waals surface area contributed by atoms with Gasteiger partial charge in [0.15, 0.2) is 0 Å². The van der Waals surface area contributed by atoms with E-state index in [-0.39, 0.29) is 12.3 Å². The van der Waals surface area contributed by atoms with Crippen LogP contribution in [-0.4, -0.2) is 57.8 Å². The Hall–Kier alpha value is -3.03. The number of hydrogen-bond donors (Lipinski definition) is 2. The molecule has 0 bridgehead atoms. The number of hydrogen-bond acceptors (Lipinski definition) is 6. The van der Waals surface area contributed by atoms with Gasteiger partial charge in [-0.2, -0.15) is 0 Å². The number of pyridine rings is 2. The van der Waals surface area contributed by atoms with E-state index < -0.39 is 12.1 Å². The Bertz CT molecular complexity index is 1120. The van der Waals surface area contributed by atoms with Crippen molar-refractivity contribution in [3.8, 4) is 5.75 Å². The number of benzene rings is 1. The second kappa shape index (κ2) is 12.8. The van der Waals surface area contributed by atoms with E-state index in [0.29, 0.717) is 12.3 Å². The fraction of sp³-hybridized carbons (Fsp3) is 0.483. The van der Waals surface area contributed by atoms with Crippen molar-refractivity contribution in [1.29, 1.82) is 0 Å². The molecule has 4 rings (SSSR count). The van der Waals surface area contributed by atoms with Crippen LogP contribution >= 0.6 is 0 Å². The smallest absolute Gasteiger partial charge is 0.303 e. The topological polar surface area (TPSA) is 95.8 Å². The largest absolute Gasteiger partial charge is 0.497 e. The first-order valence-electron chi connectivity index (χ1n) is 13.0. The van der Waals surface area contributed by atoms with Crippen molar-refractivity contribution in [2.75, 3.05) is 26.7 Å². The molecule has 1 unspecified atom stereocenters. The van der Waals surface area contributed by atoms with Crippen molar-refractivity contribution in [3.63, 3.8) is 0 Å². The van der Waals surface area contributed by atoms with Crippen molar-refractivity contribution < 1.29 is 19.7 Å². The molecule has 1 fully saturated rings. The Morgan fingerprint density at radius 2 is 1.97 bits per heavy atom. The lowest BCUT2D eigenvalue weighted by atomic mass is 9.79. The lowest BCUT2D eigenvalue weighted by Gasteiger charge is -2.38. The number of rotatable bonds is 12. The van der Waals surface area contributed by atoms with Crippen molar-refractivity contribution in [1.82, 2.24) is 14.9 Å². The van der Waals surface area contributed by atoms with E-state index in [1.165, 1.54) is 5.56 Å². The molecule has 1 aliphatic heterocycles. The van der Waals surface area contributed by atoms with Gasteiger partial charge in [0.1, 0.15) is 5.75 Å². The molecule has 7 heteroatoms. The van der Waals surface area contributed by atoms with Gasteiger partial charge in [0.05, 0.1) is 18.7 Å². The number of nitrogens with zero attached hydrogens (tertiary/aromatic N) is 3. The summed E-state index contributed by atoms with van der Waals surface area (Å²) in [4.78, 5) is 22.5. The first-order valence-corrected chi connectivity index (χ1v) is 13.0. The number of fused-ring (bicyclic) bond motifs is 1. The molecule has 0 radical (unpaired) electrons. The Morgan fingerprint density at radius 1 is 1.14 bits per heavy atom. The summed E-state index contributed by atoms with van der Waals surface area (Å²) in [7, 11) is 1.63. The van der Waals surface area contributed by atoms with E-state index in [1.807, 2.05) is 36.7 Å². The molecule has 0 spiro atoms. The highest BCUT2D eigenvalue weighted by Crippen LogP contribution is 2.34. The second-order valence-corrected chi connectivity index (χ2v) is 9.90. The minimum atomic E-state index is -0.739. The summed E-state index contributed by atoms with van der Waals surface area (Å²) in [6, 6.07) is 11.7. The van der Waals surface area contributed by atoms with E-state index in [1.54, 1.807) is 13.3 Å². The zero-order valence-corrected chi connectivity index (χ0v) is 21.1. The van der Waals surface area contributed by atoms with Gasteiger partial charge >= 0.3 is 5.97 Å². The minimum Gasteiger partial charge on any atom is -0.497 e. The van der Waals surface area contributed by atoms with E-state index >= 15 is 0 Å². The van der Waals surface area contributed by atoms with E-state index in [2.05, 4.69) is 27.0 Å². The van der Waals surface area contributed by atoms with Gasteiger partial charge in [-0.3, -0.25) is 14.8 Å². The number of methoxy groups -OCH3 is 1. The number of piperidine rings is 1. The van der Waals surface area contributed by atoms with Gasteiger partial charge in [0.2, 0.25) is 0 Å². The number of carbonyl (C=O) groups is 1. The number of ether oxygens (including phenoxy) is 1. The number of likely N-dealkylation sites (tertiary alicyclic amines) is 1. The average Bonchev–Trinajstić information content (AvgIpc) is 2.90. The number of carboxylic acids is 1. The van der Waals surface area contributed by atoms with Crippen LogP contribution in [0.15, 0.2) is 55.0 Å². The van der Waals surface area contributed by atoms with Crippen molar-refractivity contribution in [2.24, 2.45) is 11.8 Å². The van der Waals surface area contributed by atoms with Crippen LogP contribution in [0.25, 0.3) is 10.9 Å². The van der Waals surface area contributed by atoms with Crippen LogP contribution in [0.2, 0.25) is 0 Å². The van der Waals surface area contributed by atoms with Crippen LogP contribution in [0.4, 0.5) is 0 Å². The van der Waals surface area contributed by atoms with Crippen LogP contribution in [-0.2, 0) is 11.2 Å².